The average Bonchev–Trinajstić information content (AvgIpc) is 3.30. The van der Waals surface area contributed by atoms with Crippen LogP contribution in [0.1, 0.15) is 29.5 Å². The number of hydrogen-bond donors (Lipinski definition) is 1. The third-order valence-corrected chi connectivity index (χ3v) is 5.28. The Labute approximate surface area is 160 Å². The van der Waals surface area contributed by atoms with Crippen molar-refractivity contribution in [2.24, 2.45) is 0 Å². The van der Waals surface area contributed by atoms with Gasteiger partial charge in [-0.05, 0) is 56.0 Å². The fourth-order valence-corrected chi connectivity index (χ4v) is 3.90. The molecule has 0 spiro atoms. The summed E-state index contributed by atoms with van der Waals surface area (Å²) < 4.78 is 10.7. The lowest BCUT2D eigenvalue weighted by molar-refractivity contribution is -0.125. The molecule has 0 bridgehead atoms. The number of benzene rings is 2. The Bertz CT molecular complexity index is 821. The molecule has 2 aliphatic heterocycles. The summed E-state index contributed by atoms with van der Waals surface area (Å²) in [5, 5.41) is 3.12. The monoisotopic (exact) mass is 366 g/mol. The molecule has 0 radical (unpaired) electrons. The molecule has 0 aromatic heterocycles. The van der Waals surface area contributed by atoms with Crippen molar-refractivity contribution in [3.63, 3.8) is 0 Å². The van der Waals surface area contributed by atoms with Gasteiger partial charge in [-0.2, -0.15) is 0 Å². The summed E-state index contributed by atoms with van der Waals surface area (Å²) in [4.78, 5) is 15.0. The van der Waals surface area contributed by atoms with Crippen molar-refractivity contribution >= 4 is 5.91 Å². The number of fused-ring (bicyclic) bond motifs is 1. The first kappa shape index (κ1) is 17.9. The van der Waals surface area contributed by atoms with E-state index in [1.807, 2.05) is 18.2 Å². The number of amides is 1. The molecular weight excluding hydrogens is 340 g/mol. The van der Waals surface area contributed by atoms with Crippen LogP contribution in [-0.4, -0.2) is 36.7 Å². The van der Waals surface area contributed by atoms with E-state index in [4.69, 9.17) is 9.47 Å². The van der Waals surface area contributed by atoms with E-state index in [-0.39, 0.29) is 18.7 Å². The highest BCUT2D eigenvalue weighted by atomic mass is 16.7. The maximum atomic E-state index is 12.7. The van der Waals surface area contributed by atoms with E-state index < -0.39 is 0 Å². The van der Waals surface area contributed by atoms with Crippen molar-refractivity contribution in [1.82, 2.24) is 10.2 Å². The van der Waals surface area contributed by atoms with Crippen LogP contribution in [0.5, 0.6) is 11.5 Å². The van der Waals surface area contributed by atoms with Crippen molar-refractivity contribution in [1.29, 1.82) is 0 Å². The van der Waals surface area contributed by atoms with Crippen molar-refractivity contribution in [2.75, 3.05) is 19.9 Å². The van der Waals surface area contributed by atoms with Gasteiger partial charge in [0.1, 0.15) is 0 Å². The van der Waals surface area contributed by atoms with Crippen LogP contribution in [0.15, 0.2) is 42.5 Å². The summed E-state index contributed by atoms with van der Waals surface area (Å²) in [6.07, 6.45) is 2.79. The van der Waals surface area contributed by atoms with Gasteiger partial charge in [-0.1, -0.05) is 35.9 Å². The van der Waals surface area contributed by atoms with Crippen LogP contribution < -0.4 is 14.8 Å². The van der Waals surface area contributed by atoms with E-state index in [0.29, 0.717) is 6.54 Å². The van der Waals surface area contributed by atoms with Crippen LogP contribution in [0, 0.1) is 6.92 Å². The molecule has 1 amide bonds. The summed E-state index contributed by atoms with van der Waals surface area (Å²) in [6, 6.07) is 14.5. The van der Waals surface area contributed by atoms with Crippen LogP contribution in [-0.2, 0) is 17.8 Å². The summed E-state index contributed by atoms with van der Waals surface area (Å²) in [5.41, 5.74) is 3.68. The molecule has 0 saturated carbocycles. The lowest BCUT2D eigenvalue weighted by Gasteiger charge is -2.24. The topological polar surface area (TPSA) is 50.8 Å². The fourth-order valence-electron chi connectivity index (χ4n) is 3.90. The van der Waals surface area contributed by atoms with Crippen LogP contribution in [0.2, 0.25) is 0 Å². The van der Waals surface area contributed by atoms with E-state index in [2.05, 4.69) is 41.4 Å². The number of hydrogen-bond acceptors (Lipinski definition) is 4. The Morgan fingerprint density at radius 1 is 1.15 bits per heavy atom. The highest BCUT2D eigenvalue weighted by Crippen LogP contribution is 2.32. The predicted octanol–water partition coefficient (Wildman–Crippen LogP) is 3.05. The third kappa shape index (κ3) is 4.25. The second-order valence-electron chi connectivity index (χ2n) is 7.35. The minimum absolute atomic E-state index is 0.0257. The zero-order valence-electron chi connectivity index (χ0n) is 15.7. The Kier molecular flexibility index (Phi) is 5.30. The maximum absolute atomic E-state index is 12.7. The van der Waals surface area contributed by atoms with Crippen molar-refractivity contribution in [3.05, 3.63) is 59.2 Å². The lowest BCUT2D eigenvalue weighted by Crippen LogP contribution is -2.43. The molecule has 1 saturated heterocycles. The molecule has 1 atom stereocenters. The Morgan fingerprint density at radius 2 is 2.04 bits per heavy atom. The highest BCUT2D eigenvalue weighted by molar-refractivity contribution is 5.82. The standard InChI is InChI=1S/C22H26N2O3/c1-16-4-2-5-18(12-16)14-24-11-3-6-19(24)22(25)23-10-9-17-7-8-20-21(13-17)27-15-26-20/h2,4-5,7-8,12-13,19H,3,6,9-11,14-15H2,1H3,(H,23,25). The van der Waals surface area contributed by atoms with Crippen LogP contribution >= 0.6 is 0 Å². The molecule has 5 nitrogen and oxygen atoms in total. The van der Waals surface area contributed by atoms with E-state index >= 15 is 0 Å². The summed E-state index contributed by atoms with van der Waals surface area (Å²) in [5.74, 6) is 1.72. The molecule has 0 aliphatic carbocycles. The number of nitrogens with zero attached hydrogens (tertiary/aromatic N) is 1. The molecule has 142 valence electrons. The van der Waals surface area contributed by atoms with Crippen molar-refractivity contribution in [2.45, 2.75) is 38.8 Å². The van der Waals surface area contributed by atoms with Gasteiger partial charge in [-0.15, -0.1) is 0 Å². The summed E-state index contributed by atoms with van der Waals surface area (Å²) >= 11 is 0. The molecule has 2 heterocycles. The van der Waals surface area contributed by atoms with Crippen LogP contribution in [0.4, 0.5) is 0 Å². The number of carbonyl (C=O) groups excluding carboxylic acids is 1. The number of rotatable bonds is 6. The molecule has 1 fully saturated rings. The molecular formula is C22H26N2O3. The largest absolute Gasteiger partial charge is 0.454 e. The summed E-state index contributed by atoms with van der Waals surface area (Å²) in [6.45, 7) is 4.84. The highest BCUT2D eigenvalue weighted by Gasteiger charge is 2.30. The van der Waals surface area contributed by atoms with E-state index in [9.17, 15) is 4.79 Å². The Hall–Kier alpha value is -2.53. The number of aryl methyl sites for hydroxylation is 1. The van der Waals surface area contributed by atoms with Gasteiger partial charge in [0.25, 0.3) is 0 Å². The van der Waals surface area contributed by atoms with Gasteiger partial charge in [-0.3, -0.25) is 9.69 Å². The quantitative estimate of drug-likeness (QED) is 0.854. The second-order valence-corrected chi connectivity index (χ2v) is 7.35. The van der Waals surface area contributed by atoms with Gasteiger partial charge in [0.05, 0.1) is 6.04 Å². The maximum Gasteiger partial charge on any atom is 0.237 e. The molecule has 2 aromatic rings. The van der Waals surface area contributed by atoms with Gasteiger partial charge in [0.15, 0.2) is 11.5 Å². The molecule has 2 aliphatic rings. The fraction of sp³-hybridized carbons (Fsp3) is 0.409. The second kappa shape index (κ2) is 8.01. The molecule has 27 heavy (non-hydrogen) atoms. The molecule has 4 rings (SSSR count). The van der Waals surface area contributed by atoms with Crippen LogP contribution in [0.3, 0.4) is 0 Å². The van der Waals surface area contributed by atoms with Crippen molar-refractivity contribution in [3.8, 4) is 11.5 Å². The number of carbonyl (C=O) groups is 1. The molecule has 1 unspecified atom stereocenters. The molecule has 5 heteroatoms. The van der Waals surface area contributed by atoms with E-state index in [1.165, 1.54) is 11.1 Å². The first-order chi connectivity index (χ1) is 13.2. The van der Waals surface area contributed by atoms with Gasteiger partial charge >= 0.3 is 0 Å². The van der Waals surface area contributed by atoms with E-state index in [1.54, 1.807) is 0 Å². The SMILES string of the molecule is Cc1cccc(CN2CCCC2C(=O)NCCc2ccc3c(c2)OCO3)c1. The molecule has 1 N–H and O–H groups in total. The summed E-state index contributed by atoms with van der Waals surface area (Å²) in [7, 11) is 0. The molecule has 2 aromatic carbocycles. The van der Waals surface area contributed by atoms with Crippen LogP contribution in [0.25, 0.3) is 0 Å². The van der Waals surface area contributed by atoms with Gasteiger partial charge in [0.2, 0.25) is 12.7 Å². The third-order valence-electron chi connectivity index (χ3n) is 5.28. The van der Waals surface area contributed by atoms with E-state index in [0.717, 1.165) is 49.4 Å². The number of likely N-dealkylation sites (tertiary alicyclic amines) is 1. The minimum Gasteiger partial charge on any atom is -0.454 e. The van der Waals surface area contributed by atoms with Gasteiger partial charge in [-0.25, -0.2) is 0 Å². The number of ether oxygens (including phenoxy) is 2. The predicted molar refractivity (Wildman–Crippen MR) is 104 cm³/mol. The first-order valence-corrected chi connectivity index (χ1v) is 9.65. The van der Waals surface area contributed by atoms with Gasteiger partial charge < -0.3 is 14.8 Å². The minimum atomic E-state index is -0.0257. The zero-order valence-corrected chi connectivity index (χ0v) is 15.7. The normalized spacial score (nSPS) is 18.6. The average molecular weight is 366 g/mol. The Balaban J connectivity index is 1.29. The Morgan fingerprint density at radius 3 is 2.93 bits per heavy atom. The first-order valence-electron chi connectivity index (χ1n) is 9.65. The van der Waals surface area contributed by atoms with Crippen molar-refractivity contribution < 1.29 is 14.3 Å². The zero-order chi connectivity index (χ0) is 18.6. The number of nitrogens with one attached hydrogen (secondary N) is 1. The van der Waals surface area contributed by atoms with Gasteiger partial charge in [0, 0.05) is 13.1 Å². The lowest BCUT2D eigenvalue weighted by atomic mass is 10.1. The smallest absolute Gasteiger partial charge is 0.237 e.